The highest BCUT2D eigenvalue weighted by atomic mass is 79.9. The summed E-state index contributed by atoms with van der Waals surface area (Å²) in [5, 5.41) is 6.14. The van der Waals surface area contributed by atoms with Crippen LogP contribution in [0.5, 0.6) is 0 Å². The molecule has 5 nitrogen and oxygen atoms in total. The van der Waals surface area contributed by atoms with E-state index in [1.165, 1.54) is 4.68 Å². The fourth-order valence-electron chi connectivity index (χ4n) is 3.13. The number of aryl methyl sites for hydroxylation is 1. The molecule has 136 valence electrons. The van der Waals surface area contributed by atoms with Gasteiger partial charge in [-0.2, -0.15) is 9.78 Å². The van der Waals surface area contributed by atoms with E-state index in [-0.39, 0.29) is 5.56 Å². The summed E-state index contributed by atoms with van der Waals surface area (Å²) in [6.07, 6.45) is 6.32. The number of unbranched alkanes of at least 4 members (excludes halogenated alkanes) is 1. The molecule has 0 unspecified atom stereocenters. The van der Waals surface area contributed by atoms with Crippen LogP contribution in [0.25, 0.3) is 21.8 Å². The maximum absolute atomic E-state index is 13.1. The van der Waals surface area contributed by atoms with Crippen LogP contribution in [0.1, 0.15) is 31.2 Å². The molecule has 6 heteroatoms. The average Bonchev–Trinajstić information content (AvgIpc) is 3.09. The normalized spacial score (nSPS) is 11.8. The van der Waals surface area contributed by atoms with E-state index in [4.69, 9.17) is 4.98 Å². The number of rotatable bonds is 5. The molecule has 2 aromatic carbocycles. The van der Waals surface area contributed by atoms with Gasteiger partial charge < -0.3 is 4.98 Å². The monoisotopic (exact) mass is 422 g/mol. The van der Waals surface area contributed by atoms with Crippen LogP contribution >= 0.6 is 15.9 Å². The maximum atomic E-state index is 13.1. The van der Waals surface area contributed by atoms with Crippen LogP contribution in [-0.4, -0.2) is 20.9 Å². The van der Waals surface area contributed by atoms with Gasteiger partial charge in [-0.3, -0.25) is 4.79 Å². The number of nitrogens with zero attached hydrogens (tertiary/aromatic N) is 3. The molecule has 0 saturated heterocycles. The molecular weight excluding hydrogens is 404 g/mol. The highest BCUT2D eigenvalue weighted by Gasteiger charge is 2.11. The van der Waals surface area contributed by atoms with Gasteiger partial charge in [-0.05, 0) is 30.7 Å². The fourth-order valence-corrected chi connectivity index (χ4v) is 3.49. The minimum absolute atomic E-state index is 0.150. The second kappa shape index (κ2) is 7.48. The first kappa shape index (κ1) is 17.7. The first-order valence-corrected chi connectivity index (χ1v) is 9.78. The Balaban J connectivity index is 1.85. The van der Waals surface area contributed by atoms with E-state index < -0.39 is 0 Å². The number of nitrogens with one attached hydrogen (secondary N) is 1. The fraction of sp³-hybridized carbons (Fsp3) is 0.190. The quantitative estimate of drug-likeness (QED) is 0.466. The number of fused-ring (bicyclic) bond motifs is 2. The molecule has 2 aromatic heterocycles. The molecule has 0 aliphatic heterocycles. The number of benzene rings is 2. The van der Waals surface area contributed by atoms with E-state index in [1.54, 1.807) is 12.3 Å². The number of aromatic amines is 1. The summed E-state index contributed by atoms with van der Waals surface area (Å²) in [5.74, 6) is 0.688. The van der Waals surface area contributed by atoms with Crippen LogP contribution in [0.3, 0.4) is 0 Å². The first-order valence-electron chi connectivity index (χ1n) is 8.99. The van der Waals surface area contributed by atoms with Crippen LogP contribution in [0.4, 0.5) is 0 Å². The molecule has 0 fully saturated rings. The lowest BCUT2D eigenvalue weighted by Gasteiger charge is -2.09. The second-order valence-corrected chi connectivity index (χ2v) is 7.36. The standard InChI is InChI=1S/C21H19BrN4O/c1-2-3-8-20-25-19-10-9-15(22)11-17(19)21(27)26(20)24-13-14-12-23-18-7-5-4-6-16(14)18/h4-7,9-13,23H,2-3,8H2,1H3. The average molecular weight is 423 g/mol. The number of aromatic nitrogens is 3. The zero-order valence-corrected chi connectivity index (χ0v) is 16.5. The maximum Gasteiger partial charge on any atom is 0.282 e. The Morgan fingerprint density at radius 1 is 1.22 bits per heavy atom. The highest BCUT2D eigenvalue weighted by Crippen LogP contribution is 2.18. The van der Waals surface area contributed by atoms with E-state index in [9.17, 15) is 4.79 Å². The molecule has 0 bridgehead atoms. The minimum Gasteiger partial charge on any atom is -0.361 e. The number of para-hydroxylation sites is 1. The molecule has 0 aliphatic carbocycles. The van der Waals surface area contributed by atoms with E-state index in [1.807, 2.05) is 42.6 Å². The SMILES string of the molecule is CCCCc1nc2ccc(Br)cc2c(=O)n1N=Cc1c[nH]c2ccccc12. The van der Waals surface area contributed by atoms with Crippen LogP contribution < -0.4 is 5.56 Å². The lowest BCUT2D eigenvalue weighted by Crippen LogP contribution is -2.22. The van der Waals surface area contributed by atoms with Crippen LogP contribution in [0, 0.1) is 0 Å². The second-order valence-electron chi connectivity index (χ2n) is 6.44. The van der Waals surface area contributed by atoms with Gasteiger partial charge >= 0.3 is 0 Å². The van der Waals surface area contributed by atoms with Gasteiger partial charge in [0, 0.05) is 33.6 Å². The van der Waals surface area contributed by atoms with E-state index >= 15 is 0 Å². The predicted octanol–water partition coefficient (Wildman–Crippen LogP) is 4.87. The van der Waals surface area contributed by atoms with Gasteiger partial charge in [0.15, 0.2) is 0 Å². The zero-order chi connectivity index (χ0) is 18.8. The molecule has 0 aliphatic rings. The lowest BCUT2D eigenvalue weighted by atomic mass is 10.2. The zero-order valence-electron chi connectivity index (χ0n) is 14.9. The Morgan fingerprint density at radius 2 is 2.07 bits per heavy atom. The summed E-state index contributed by atoms with van der Waals surface area (Å²) in [6, 6.07) is 13.6. The minimum atomic E-state index is -0.150. The number of hydrogen-bond acceptors (Lipinski definition) is 3. The van der Waals surface area contributed by atoms with Crippen molar-refractivity contribution in [2.45, 2.75) is 26.2 Å². The molecule has 4 rings (SSSR count). The Bertz CT molecular complexity index is 1210. The first-order chi connectivity index (χ1) is 13.2. The molecule has 1 N–H and O–H groups in total. The van der Waals surface area contributed by atoms with E-state index in [0.29, 0.717) is 23.1 Å². The Hall–Kier alpha value is -2.73. The van der Waals surface area contributed by atoms with Crippen LogP contribution in [-0.2, 0) is 6.42 Å². The highest BCUT2D eigenvalue weighted by molar-refractivity contribution is 9.10. The van der Waals surface area contributed by atoms with E-state index in [2.05, 4.69) is 32.9 Å². The molecule has 0 amide bonds. The largest absolute Gasteiger partial charge is 0.361 e. The van der Waals surface area contributed by atoms with Gasteiger partial charge in [-0.15, -0.1) is 0 Å². The topological polar surface area (TPSA) is 63.0 Å². The molecule has 2 heterocycles. The van der Waals surface area contributed by atoms with Gasteiger partial charge in [0.1, 0.15) is 5.82 Å². The third-order valence-electron chi connectivity index (χ3n) is 4.56. The summed E-state index contributed by atoms with van der Waals surface area (Å²) in [7, 11) is 0. The van der Waals surface area contributed by atoms with Crippen molar-refractivity contribution < 1.29 is 0 Å². The lowest BCUT2D eigenvalue weighted by molar-refractivity contribution is 0.675. The van der Waals surface area contributed by atoms with Crippen LogP contribution in [0.15, 0.2) is 63.0 Å². The van der Waals surface area contributed by atoms with Crippen molar-refractivity contribution in [2.24, 2.45) is 5.10 Å². The summed E-state index contributed by atoms with van der Waals surface area (Å²) in [6.45, 7) is 2.12. The van der Waals surface area contributed by atoms with Gasteiger partial charge in [0.25, 0.3) is 5.56 Å². The van der Waals surface area contributed by atoms with Gasteiger partial charge in [0.2, 0.25) is 0 Å². The van der Waals surface area contributed by atoms with Crippen molar-refractivity contribution in [3.05, 3.63) is 74.9 Å². The van der Waals surface area contributed by atoms with Gasteiger partial charge in [-0.1, -0.05) is 47.5 Å². The predicted molar refractivity (Wildman–Crippen MR) is 114 cm³/mol. The number of halogens is 1. The third-order valence-corrected chi connectivity index (χ3v) is 5.06. The Morgan fingerprint density at radius 3 is 2.93 bits per heavy atom. The van der Waals surface area contributed by atoms with Crippen molar-refractivity contribution in [3.63, 3.8) is 0 Å². The van der Waals surface area contributed by atoms with Crippen LogP contribution in [0.2, 0.25) is 0 Å². The summed E-state index contributed by atoms with van der Waals surface area (Å²) < 4.78 is 2.29. The molecule has 27 heavy (non-hydrogen) atoms. The summed E-state index contributed by atoms with van der Waals surface area (Å²) in [4.78, 5) is 21.0. The summed E-state index contributed by atoms with van der Waals surface area (Å²) >= 11 is 3.43. The third kappa shape index (κ3) is 3.45. The van der Waals surface area contributed by atoms with Gasteiger partial charge in [0.05, 0.1) is 17.1 Å². The van der Waals surface area contributed by atoms with Crippen molar-refractivity contribution in [3.8, 4) is 0 Å². The van der Waals surface area contributed by atoms with E-state index in [0.717, 1.165) is 33.8 Å². The molecule has 0 radical (unpaired) electrons. The van der Waals surface area contributed by atoms with Crippen molar-refractivity contribution in [1.82, 2.24) is 14.6 Å². The van der Waals surface area contributed by atoms with Crippen molar-refractivity contribution in [2.75, 3.05) is 0 Å². The number of hydrogen-bond donors (Lipinski definition) is 1. The summed E-state index contributed by atoms with van der Waals surface area (Å²) in [5.41, 5.74) is 2.53. The molecule has 4 aromatic rings. The van der Waals surface area contributed by atoms with Gasteiger partial charge in [-0.25, -0.2) is 4.98 Å². The number of H-pyrrole nitrogens is 1. The Kier molecular flexibility index (Phi) is 4.90. The molecular formula is C21H19BrN4O. The smallest absolute Gasteiger partial charge is 0.282 e. The Labute approximate surface area is 164 Å². The molecule has 0 saturated carbocycles. The van der Waals surface area contributed by atoms with Crippen molar-refractivity contribution >= 4 is 44.0 Å². The molecule has 0 atom stereocenters. The van der Waals surface area contributed by atoms with Crippen molar-refractivity contribution in [1.29, 1.82) is 0 Å². The molecule has 0 spiro atoms.